The Morgan fingerprint density at radius 1 is 1.19 bits per heavy atom. The van der Waals surface area contributed by atoms with Crippen molar-refractivity contribution >= 4 is 38.7 Å². The first-order valence-electron chi connectivity index (χ1n) is 6.13. The van der Waals surface area contributed by atoms with E-state index in [9.17, 15) is 13.2 Å². The van der Waals surface area contributed by atoms with Crippen LogP contribution in [0.2, 0.25) is 4.34 Å². The number of sulfone groups is 1. The summed E-state index contributed by atoms with van der Waals surface area (Å²) in [6.45, 7) is 1.84. The lowest BCUT2D eigenvalue weighted by molar-refractivity contribution is 0.0944. The largest absolute Gasteiger partial charge is 0.345 e. The van der Waals surface area contributed by atoms with Gasteiger partial charge in [-0.15, -0.1) is 11.3 Å². The number of benzene rings is 1. The molecule has 0 bridgehead atoms. The summed E-state index contributed by atoms with van der Waals surface area (Å²) in [6, 6.07) is 9.58. The molecule has 21 heavy (non-hydrogen) atoms. The first-order valence-corrected chi connectivity index (χ1v) is 9.22. The fourth-order valence-corrected chi connectivity index (χ4v) is 3.37. The van der Waals surface area contributed by atoms with E-state index in [2.05, 4.69) is 5.32 Å². The topological polar surface area (TPSA) is 63.2 Å². The van der Waals surface area contributed by atoms with Crippen molar-refractivity contribution in [1.29, 1.82) is 0 Å². The van der Waals surface area contributed by atoms with E-state index in [1.807, 2.05) is 6.92 Å². The zero-order valence-electron chi connectivity index (χ0n) is 11.5. The van der Waals surface area contributed by atoms with Crippen LogP contribution in [0.25, 0.3) is 0 Å². The van der Waals surface area contributed by atoms with Crippen LogP contribution in [-0.4, -0.2) is 20.6 Å². The van der Waals surface area contributed by atoms with Crippen LogP contribution in [0.3, 0.4) is 0 Å². The number of carbonyl (C=O) groups is 1. The van der Waals surface area contributed by atoms with E-state index < -0.39 is 9.84 Å². The molecule has 112 valence electrons. The molecule has 0 aliphatic rings. The van der Waals surface area contributed by atoms with Gasteiger partial charge in [-0.2, -0.15) is 0 Å². The molecule has 1 amide bonds. The second-order valence-electron chi connectivity index (χ2n) is 4.64. The molecule has 0 radical (unpaired) electrons. The zero-order valence-corrected chi connectivity index (χ0v) is 13.8. The Morgan fingerprint density at radius 3 is 2.29 bits per heavy atom. The predicted octanol–water partition coefficient (Wildman–Crippen LogP) is 3.30. The van der Waals surface area contributed by atoms with Crippen LogP contribution in [-0.2, 0) is 9.84 Å². The molecule has 4 nitrogen and oxygen atoms in total. The van der Waals surface area contributed by atoms with Crippen molar-refractivity contribution < 1.29 is 13.2 Å². The lowest BCUT2D eigenvalue weighted by Crippen LogP contribution is -2.25. The van der Waals surface area contributed by atoms with Crippen molar-refractivity contribution in [3.63, 3.8) is 0 Å². The van der Waals surface area contributed by atoms with E-state index in [-0.39, 0.29) is 16.8 Å². The van der Waals surface area contributed by atoms with Crippen LogP contribution in [0.5, 0.6) is 0 Å². The molecular weight excluding hydrogens is 330 g/mol. The molecule has 2 rings (SSSR count). The van der Waals surface area contributed by atoms with E-state index in [0.717, 1.165) is 11.8 Å². The van der Waals surface area contributed by atoms with E-state index in [4.69, 9.17) is 11.6 Å². The Labute approximate surface area is 132 Å². The third-order valence-electron chi connectivity index (χ3n) is 2.95. The molecule has 2 aromatic rings. The van der Waals surface area contributed by atoms with Crippen molar-refractivity contribution in [2.75, 3.05) is 6.26 Å². The number of amides is 1. The van der Waals surface area contributed by atoms with Crippen LogP contribution in [0.1, 0.15) is 28.2 Å². The number of hydrogen-bond donors (Lipinski definition) is 1. The number of nitrogens with one attached hydrogen (secondary N) is 1. The average molecular weight is 344 g/mol. The second kappa shape index (κ2) is 6.17. The standard InChI is InChI=1S/C14H14ClNO3S2/c1-9(16-14(17)12-7-8-13(15)20-12)10-3-5-11(6-4-10)21(2,18)19/h3-9H,1-2H3,(H,16,17). The van der Waals surface area contributed by atoms with Crippen LogP contribution in [0.4, 0.5) is 0 Å². The van der Waals surface area contributed by atoms with Crippen LogP contribution < -0.4 is 5.32 Å². The average Bonchev–Trinajstić information content (AvgIpc) is 2.84. The summed E-state index contributed by atoms with van der Waals surface area (Å²) in [5.41, 5.74) is 0.832. The Kier molecular flexibility index (Phi) is 4.70. The third-order valence-corrected chi connectivity index (χ3v) is 5.31. The molecule has 0 aliphatic heterocycles. The molecule has 0 fully saturated rings. The van der Waals surface area contributed by atoms with Gasteiger partial charge >= 0.3 is 0 Å². The monoisotopic (exact) mass is 343 g/mol. The molecule has 1 atom stereocenters. The molecule has 0 spiro atoms. The maximum absolute atomic E-state index is 12.0. The summed E-state index contributed by atoms with van der Waals surface area (Å²) in [4.78, 5) is 12.8. The van der Waals surface area contributed by atoms with Crippen LogP contribution >= 0.6 is 22.9 Å². The number of carbonyl (C=O) groups excluding carboxylic acids is 1. The second-order valence-corrected chi connectivity index (χ2v) is 8.37. The highest BCUT2D eigenvalue weighted by Gasteiger charge is 2.14. The van der Waals surface area contributed by atoms with Crippen LogP contribution in [0, 0.1) is 0 Å². The molecule has 1 heterocycles. The molecule has 1 aromatic carbocycles. The Balaban J connectivity index is 2.10. The van der Waals surface area contributed by atoms with Gasteiger partial charge in [0.15, 0.2) is 9.84 Å². The highest BCUT2D eigenvalue weighted by molar-refractivity contribution is 7.90. The van der Waals surface area contributed by atoms with Gasteiger partial charge < -0.3 is 5.32 Å². The Hall–Kier alpha value is -1.37. The van der Waals surface area contributed by atoms with Gasteiger partial charge in [0.1, 0.15) is 0 Å². The van der Waals surface area contributed by atoms with Gasteiger partial charge in [-0.1, -0.05) is 23.7 Å². The first kappa shape index (κ1) is 16.0. The minimum Gasteiger partial charge on any atom is -0.345 e. The van der Waals surface area contributed by atoms with Gasteiger partial charge in [0.2, 0.25) is 0 Å². The molecule has 1 aromatic heterocycles. The van der Waals surface area contributed by atoms with Gasteiger partial charge in [0, 0.05) is 6.26 Å². The highest BCUT2D eigenvalue weighted by atomic mass is 35.5. The smallest absolute Gasteiger partial charge is 0.261 e. The molecule has 1 N–H and O–H groups in total. The van der Waals surface area contributed by atoms with E-state index in [1.54, 1.807) is 24.3 Å². The summed E-state index contributed by atoms with van der Waals surface area (Å²) < 4.78 is 23.4. The number of rotatable bonds is 4. The van der Waals surface area contributed by atoms with Gasteiger partial charge in [0.05, 0.1) is 20.2 Å². The fourth-order valence-electron chi connectivity index (χ4n) is 1.79. The zero-order chi connectivity index (χ0) is 15.6. The SMILES string of the molecule is CC(NC(=O)c1ccc(Cl)s1)c1ccc(S(C)(=O)=O)cc1. The predicted molar refractivity (Wildman–Crippen MR) is 84.8 cm³/mol. The Bertz CT molecular complexity index is 751. The van der Waals surface area contributed by atoms with Gasteiger partial charge in [-0.25, -0.2) is 8.42 Å². The summed E-state index contributed by atoms with van der Waals surface area (Å²) in [5, 5.41) is 2.85. The van der Waals surface area contributed by atoms with Crippen molar-refractivity contribution in [2.24, 2.45) is 0 Å². The molecular formula is C14H14ClNO3S2. The summed E-state index contributed by atoms with van der Waals surface area (Å²) in [5.74, 6) is -0.202. The highest BCUT2D eigenvalue weighted by Crippen LogP contribution is 2.22. The third kappa shape index (κ3) is 4.06. The quantitative estimate of drug-likeness (QED) is 0.926. The van der Waals surface area contributed by atoms with Crippen molar-refractivity contribution in [3.8, 4) is 0 Å². The molecule has 0 saturated heterocycles. The van der Waals surface area contributed by atoms with Gasteiger partial charge in [0.25, 0.3) is 5.91 Å². The molecule has 0 aliphatic carbocycles. The van der Waals surface area contributed by atoms with Crippen molar-refractivity contribution in [3.05, 3.63) is 51.2 Å². The normalized spacial score (nSPS) is 12.9. The lowest BCUT2D eigenvalue weighted by atomic mass is 10.1. The van der Waals surface area contributed by atoms with E-state index >= 15 is 0 Å². The maximum Gasteiger partial charge on any atom is 0.261 e. The molecule has 0 saturated carbocycles. The van der Waals surface area contributed by atoms with Gasteiger partial charge in [-0.05, 0) is 36.8 Å². The van der Waals surface area contributed by atoms with Crippen molar-refractivity contribution in [1.82, 2.24) is 5.32 Å². The lowest BCUT2D eigenvalue weighted by Gasteiger charge is -2.14. The molecule has 1 unspecified atom stereocenters. The number of thiophene rings is 1. The summed E-state index contributed by atoms with van der Waals surface area (Å²) in [6.07, 6.45) is 1.16. The summed E-state index contributed by atoms with van der Waals surface area (Å²) in [7, 11) is -3.21. The number of hydrogen-bond acceptors (Lipinski definition) is 4. The maximum atomic E-state index is 12.0. The van der Waals surface area contributed by atoms with Crippen LogP contribution in [0.15, 0.2) is 41.3 Å². The minimum absolute atomic E-state index is 0.202. The first-order chi connectivity index (χ1) is 9.77. The van der Waals surface area contributed by atoms with E-state index in [0.29, 0.717) is 9.21 Å². The van der Waals surface area contributed by atoms with E-state index in [1.165, 1.54) is 23.5 Å². The molecule has 7 heteroatoms. The Morgan fingerprint density at radius 2 is 1.81 bits per heavy atom. The van der Waals surface area contributed by atoms with Crippen molar-refractivity contribution in [2.45, 2.75) is 17.9 Å². The van der Waals surface area contributed by atoms with Gasteiger partial charge in [-0.3, -0.25) is 4.79 Å². The minimum atomic E-state index is -3.21. The number of halogens is 1. The fraction of sp³-hybridized carbons (Fsp3) is 0.214. The summed E-state index contributed by atoms with van der Waals surface area (Å²) >= 11 is 7.01.